The zero-order valence-corrected chi connectivity index (χ0v) is 10.4. The van der Waals surface area contributed by atoms with Crippen molar-refractivity contribution < 1.29 is 4.74 Å². The molecule has 0 aliphatic heterocycles. The molecule has 0 saturated carbocycles. The number of rotatable bonds is 2. The highest BCUT2D eigenvalue weighted by Gasteiger charge is 2.09. The van der Waals surface area contributed by atoms with Gasteiger partial charge < -0.3 is 4.74 Å². The first kappa shape index (κ1) is 11.0. The van der Waals surface area contributed by atoms with Crippen molar-refractivity contribution in [2.24, 2.45) is 0 Å². The van der Waals surface area contributed by atoms with Crippen LogP contribution in [0.2, 0.25) is 5.15 Å². The molecule has 0 atom stereocenters. The van der Waals surface area contributed by atoms with E-state index in [4.69, 9.17) is 16.3 Å². The summed E-state index contributed by atoms with van der Waals surface area (Å²) in [6.45, 7) is 1.90. The number of aryl methyl sites for hydroxylation is 1. The Hall–Kier alpha value is -2.07. The van der Waals surface area contributed by atoms with E-state index < -0.39 is 0 Å². The molecule has 3 aromatic rings. The summed E-state index contributed by atoms with van der Waals surface area (Å²) in [7, 11) is 0. The summed E-state index contributed by atoms with van der Waals surface area (Å²) >= 11 is 5.96. The van der Waals surface area contributed by atoms with Crippen LogP contribution >= 0.6 is 11.6 Å². The third-order valence-corrected chi connectivity index (χ3v) is 2.64. The number of aromatic nitrogens is 3. The molecule has 5 heteroatoms. The highest BCUT2D eigenvalue weighted by Crippen LogP contribution is 2.27. The molecular formula is C13H10ClN3O. The van der Waals surface area contributed by atoms with Gasteiger partial charge in [0.2, 0.25) is 0 Å². The average molecular weight is 260 g/mol. The van der Waals surface area contributed by atoms with Crippen LogP contribution in [0.4, 0.5) is 0 Å². The summed E-state index contributed by atoms with van der Waals surface area (Å²) in [6.07, 6.45) is 1.80. The Morgan fingerprint density at radius 2 is 2.00 bits per heavy atom. The number of hydrogen-bond acceptors (Lipinski definition) is 3. The van der Waals surface area contributed by atoms with Gasteiger partial charge in [0.15, 0.2) is 16.5 Å². The van der Waals surface area contributed by atoms with Crippen molar-refractivity contribution >= 4 is 17.2 Å². The van der Waals surface area contributed by atoms with Gasteiger partial charge in [0, 0.05) is 6.07 Å². The Morgan fingerprint density at radius 1 is 1.22 bits per heavy atom. The van der Waals surface area contributed by atoms with Gasteiger partial charge in [-0.25, -0.2) is 9.50 Å². The second-order valence-electron chi connectivity index (χ2n) is 3.90. The Labute approximate surface area is 109 Å². The summed E-state index contributed by atoms with van der Waals surface area (Å²) < 4.78 is 7.40. The van der Waals surface area contributed by atoms with Crippen molar-refractivity contribution in [3.05, 3.63) is 53.4 Å². The minimum absolute atomic E-state index is 0.367. The quantitative estimate of drug-likeness (QED) is 0.707. The van der Waals surface area contributed by atoms with Gasteiger partial charge in [-0.2, -0.15) is 5.10 Å². The fraction of sp³-hybridized carbons (Fsp3) is 0.0769. The molecule has 18 heavy (non-hydrogen) atoms. The summed E-state index contributed by atoms with van der Waals surface area (Å²) in [6, 6.07) is 11.2. The Bertz CT molecular complexity index is 694. The third kappa shape index (κ3) is 2.02. The van der Waals surface area contributed by atoms with E-state index in [0.717, 1.165) is 11.4 Å². The van der Waals surface area contributed by atoms with E-state index >= 15 is 0 Å². The SMILES string of the molecule is Cc1cn2nc(Cl)cc(Oc3ccccc3)c2n1. The van der Waals surface area contributed by atoms with Gasteiger partial charge in [0.05, 0.1) is 11.9 Å². The van der Waals surface area contributed by atoms with Gasteiger partial charge in [0.25, 0.3) is 0 Å². The molecule has 2 heterocycles. The Balaban J connectivity index is 2.10. The van der Waals surface area contributed by atoms with Crippen molar-refractivity contribution in [1.29, 1.82) is 0 Å². The third-order valence-electron chi connectivity index (χ3n) is 2.45. The maximum Gasteiger partial charge on any atom is 0.197 e. The summed E-state index contributed by atoms with van der Waals surface area (Å²) in [5, 5.41) is 4.50. The van der Waals surface area contributed by atoms with E-state index in [2.05, 4.69) is 10.1 Å². The van der Waals surface area contributed by atoms with E-state index in [0.29, 0.717) is 16.5 Å². The molecule has 0 saturated heterocycles. The van der Waals surface area contributed by atoms with Crippen molar-refractivity contribution in [1.82, 2.24) is 14.6 Å². The molecule has 3 rings (SSSR count). The molecule has 0 bridgehead atoms. The van der Waals surface area contributed by atoms with E-state index in [-0.39, 0.29) is 0 Å². The first-order chi connectivity index (χ1) is 8.72. The maximum absolute atomic E-state index is 5.96. The fourth-order valence-electron chi connectivity index (χ4n) is 1.72. The molecule has 0 fully saturated rings. The highest BCUT2D eigenvalue weighted by molar-refractivity contribution is 6.29. The predicted molar refractivity (Wildman–Crippen MR) is 69.3 cm³/mol. The molecule has 1 aromatic carbocycles. The largest absolute Gasteiger partial charge is 0.453 e. The molecule has 0 N–H and O–H groups in total. The summed E-state index contributed by atoms with van der Waals surface area (Å²) in [5.74, 6) is 1.33. The lowest BCUT2D eigenvalue weighted by atomic mass is 10.3. The van der Waals surface area contributed by atoms with E-state index in [9.17, 15) is 0 Å². The number of benzene rings is 1. The summed E-state index contributed by atoms with van der Waals surface area (Å²) in [5.41, 5.74) is 1.52. The van der Waals surface area contributed by atoms with Crippen LogP contribution in [0.5, 0.6) is 11.5 Å². The van der Waals surface area contributed by atoms with Crippen LogP contribution in [0.1, 0.15) is 5.69 Å². The van der Waals surface area contributed by atoms with Crippen LogP contribution in [0.15, 0.2) is 42.6 Å². The molecule has 4 nitrogen and oxygen atoms in total. The lowest BCUT2D eigenvalue weighted by Gasteiger charge is -2.06. The number of imidazole rings is 1. The van der Waals surface area contributed by atoms with Gasteiger partial charge in [-0.15, -0.1) is 0 Å². The molecule has 0 radical (unpaired) electrons. The van der Waals surface area contributed by atoms with Crippen LogP contribution in [-0.2, 0) is 0 Å². The van der Waals surface area contributed by atoms with E-state index in [1.54, 1.807) is 16.8 Å². The van der Waals surface area contributed by atoms with Crippen molar-refractivity contribution in [3.63, 3.8) is 0 Å². The Morgan fingerprint density at radius 3 is 2.78 bits per heavy atom. The van der Waals surface area contributed by atoms with E-state index in [1.807, 2.05) is 37.3 Å². The molecule has 0 spiro atoms. The van der Waals surface area contributed by atoms with Crippen LogP contribution in [0, 0.1) is 6.92 Å². The van der Waals surface area contributed by atoms with Gasteiger partial charge in [-0.1, -0.05) is 29.8 Å². The van der Waals surface area contributed by atoms with Gasteiger partial charge >= 0.3 is 0 Å². The number of nitrogens with zero attached hydrogens (tertiary/aromatic N) is 3. The van der Waals surface area contributed by atoms with Gasteiger partial charge in [0.1, 0.15) is 5.75 Å². The van der Waals surface area contributed by atoms with Gasteiger partial charge in [-0.05, 0) is 19.1 Å². The summed E-state index contributed by atoms with van der Waals surface area (Å²) in [4.78, 5) is 4.37. The number of para-hydroxylation sites is 1. The topological polar surface area (TPSA) is 39.4 Å². The number of fused-ring (bicyclic) bond motifs is 1. The smallest absolute Gasteiger partial charge is 0.197 e. The van der Waals surface area contributed by atoms with Crippen molar-refractivity contribution in [3.8, 4) is 11.5 Å². The van der Waals surface area contributed by atoms with Crippen molar-refractivity contribution in [2.75, 3.05) is 0 Å². The molecule has 0 aliphatic carbocycles. The normalized spacial score (nSPS) is 10.8. The minimum atomic E-state index is 0.367. The second-order valence-corrected chi connectivity index (χ2v) is 4.28. The first-order valence-electron chi connectivity index (χ1n) is 5.48. The zero-order chi connectivity index (χ0) is 12.5. The molecule has 0 unspecified atom stereocenters. The van der Waals surface area contributed by atoms with Crippen LogP contribution in [-0.4, -0.2) is 14.6 Å². The number of hydrogen-bond donors (Lipinski definition) is 0. The fourth-order valence-corrected chi connectivity index (χ4v) is 1.91. The zero-order valence-electron chi connectivity index (χ0n) is 9.67. The van der Waals surface area contributed by atoms with Crippen LogP contribution < -0.4 is 4.74 Å². The molecular weight excluding hydrogens is 250 g/mol. The molecule has 90 valence electrons. The van der Waals surface area contributed by atoms with Gasteiger partial charge in [-0.3, -0.25) is 0 Å². The number of ether oxygens (including phenoxy) is 1. The number of halogens is 1. The molecule has 2 aromatic heterocycles. The first-order valence-corrected chi connectivity index (χ1v) is 5.85. The predicted octanol–water partition coefficient (Wildman–Crippen LogP) is 3.48. The van der Waals surface area contributed by atoms with Crippen LogP contribution in [0.25, 0.3) is 5.65 Å². The lowest BCUT2D eigenvalue weighted by molar-refractivity contribution is 0.483. The van der Waals surface area contributed by atoms with E-state index in [1.165, 1.54) is 0 Å². The lowest BCUT2D eigenvalue weighted by Crippen LogP contribution is -1.94. The standard InChI is InChI=1S/C13H10ClN3O/c1-9-8-17-13(15-9)11(7-12(14)16-17)18-10-5-3-2-4-6-10/h2-8H,1H3. The highest BCUT2D eigenvalue weighted by atomic mass is 35.5. The maximum atomic E-state index is 5.96. The van der Waals surface area contributed by atoms with Crippen molar-refractivity contribution in [2.45, 2.75) is 6.92 Å². The Kier molecular flexibility index (Phi) is 2.64. The average Bonchev–Trinajstić information content (AvgIpc) is 2.71. The minimum Gasteiger partial charge on any atom is -0.453 e. The molecule has 0 aliphatic rings. The monoisotopic (exact) mass is 259 g/mol. The molecule has 0 amide bonds. The second kappa shape index (κ2) is 4.31. The van der Waals surface area contributed by atoms with Crippen LogP contribution in [0.3, 0.4) is 0 Å².